The minimum atomic E-state index is -0.891. The van der Waals surface area contributed by atoms with Crippen LogP contribution in [-0.4, -0.2) is 31.6 Å². The number of hydrogen-bond acceptors (Lipinski definition) is 7. The van der Waals surface area contributed by atoms with E-state index in [1.807, 2.05) is 26.8 Å². The topological polar surface area (TPSA) is 129 Å². The van der Waals surface area contributed by atoms with Gasteiger partial charge >= 0.3 is 6.09 Å². The highest BCUT2D eigenvalue weighted by Gasteiger charge is 2.42. The average Bonchev–Trinajstić information content (AvgIpc) is 3.07. The number of nitrogens with zero attached hydrogens (tertiary/aromatic N) is 4. The molecule has 0 spiro atoms. The quantitative estimate of drug-likeness (QED) is 0.719. The van der Waals surface area contributed by atoms with Gasteiger partial charge in [-0.2, -0.15) is 10.2 Å². The number of fused-ring (bicyclic) bond motifs is 1. The molecule has 3 rings (SSSR count). The number of rotatable bonds is 3. The maximum absolute atomic E-state index is 12.4. The number of nitriles is 1. The van der Waals surface area contributed by atoms with Crippen LogP contribution in [0.1, 0.15) is 64.4 Å². The molecule has 9 heteroatoms. The van der Waals surface area contributed by atoms with Gasteiger partial charge in [0.1, 0.15) is 18.1 Å². The van der Waals surface area contributed by atoms with Crippen molar-refractivity contribution in [3.8, 4) is 17.6 Å². The molecule has 0 aromatic heterocycles. The number of H-pyrrole nitrogens is 1. The average molecular weight is 357 g/mol. The van der Waals surface area contributed by atoms with Gasteiger partial charge in [0.05, 0.1) is 5.69 Å². The highest BCUT2D eigenvalue weighted by molar-refractivity contribution is 5.68. The normalized spacial score (nSPS) is 16.8. The Morgan fingerprint density at radius 1 is 1.31 bits per heavy atom. The molecule has 0 bridgehead atoms. The molecule has 0 aromatic carbocycles. The molecule has 0 saturated heterocycles. The first kappa shape index (κ1) is 18.1. The number of ether oxygens (including phenoxy) is 1. The Hall–Kier alpha value is -2.73. The van der Waals surface area contributed by atoms with Crippen molar-refractivity contribution in [1.29, 1.82) is 5.26 Å². The van der Waals surface area contributed by atoms with Gasteiger partial charge in [-0.3, -0.25) is 5.43 Å². The van der Waals surface area contributed by atoms with Crippen molar-refractivity contribution in [2.75, 3.05) is 0 Å². The van der Waals surface area contributed by atoms with E-state index in [9.17, 15) is 10.1 Å². The number of nitrogens with one attached hydrogen (secondary N) is 3. The summed E-state index contributed by atoms with van der Waals surface area (Å²) < 4.78 is 5.89. The monoisotopic (exact) mass is 357 g/mol. The molecular formula is C17H23N7O2. The third kappa shape index (κ3) is 3.75. The second-order valence-electron chi connectivity index (χ2n) is 7.56. The lowest BCUT2D eigenvalue weighted by Gasteiger charge is -2.37. The van der Waals surface area contributed by atoms with E-state index in [0.29, 0.717) is 30.1 Å². The number of hydrogen-bond donors (Lipinski definition) is 3. The zero-order valence-corrected chi connectivity index (χ0v) is 15.2. The minimum absolute atomic E-state index is 0.120. The summed E-state index contributed by atoms with van der Waals surface area (Å²) >= 11 is 0. The summed E-state index contributed by atoms with van der Waals surface area (Å²) in [5.41, 5.74) is 5.43. The number of carbonyl (C=O) groups is 1. The molecule has 0 atom stereocenters. The number of amides is 1. The smallest absolute Gasteiger partial charge is 0.422 e. The van der Waals surface area contributed by atoms with Crippen LogP contribution >= 0.6 is 0 Å². The van der Waals surface area contributed by atoms with Crippen LogP contribution in [0.4, 0.5) is 4.79 Å². The van der Waals surface area contributed by atoms with Crippen LogP contribution < -0.4 is 10.9 Å². The van der Waals surface area contributed by atoms with E-state index in [1.165, 1.54) is 6.33 Å². The standard InChI is InChI=1S/C17H23N7O2/c1-16(2,3)24-23-15(25)26-17(7-5-4-6-8-17)13-12-14(20-10-19-12)22-11(9-18)21-13/h10,24H,4-8H2,1-3H3,(H,23,25)(H,19,20,21,22). The molecule has 0 aromatic rings. The van der Waals surface area contributed by atoms with Crippen LogP contribution in [0.2, 0.25) is 0 Å². The Balaban J connectivity index is 1.95. The van der Waals surface area contributed by atoms with Crippen LogP contribution in [0.15, 0.2) is 6.33 Å². The number of aromatic amines is 1. The molecule has 0 radical (unpaired) electrons. The maximum Gasteiger partial charge on any atom is 0.422 e. The van der Waals surface area contributed by atoms with E-state index in [2.05, 4.69) is 30.8 Å². The van der Waals surface area contributed by atoms with Gasteiger partial charge in [0.25, 0.3) is 0 Å². The van der Waals surface area contributed by atoms with Gasteiger partial charge in [-0.1, -0.05) is 6.42 Å². The van der Waals surface area contributed by atoms with Crippen molar-refractivity contribution in [2.45, 2.75) is 64.0 Å². The summed E-state index contributed by atoms with van der Waals surface area (Å²) in [4.78, 5) is 27.9. The fourth-order valence-corrected chi connectivity index (χ4v) is 3.18. The van der Waals surface area contributed by atoms with E-state index in [0.717, 1.165) is 19.3 Å². The zero-order valence-electron chi connectivity index (χ0n) is 15.2. The molecule has 0 unspecified atom stereocenters. The highest BCUT2D eigenvalue weighted by atomic mass is 16.6. The third-order valence-electron chi connectivity index (χ3n) is 4.33. The molecule has 3 aliphatic rings. The molecule has 1 amide bonds. The van der Waals surface area contributed by atoms with Crippen LogP contribution in [0.25, 0.3) is 11.5 Å². The first-order chi connectivity index (χ1) is 12.3. The molecule has 2 heterocycles. The number of aromatic nitrogens is 4. The molecule has 1 saturated carbocycles. The van der Waals surface area contributed by atoms with Gasteiger partial charge in [-0.25, -0.2) is 20.2 Å². The van der Waals surface area contributed by atoms with Crippen molar-refractivity contribution < 1.29 is 9.53 Å². The van der Waals surface area contributed by atoms with Gasteiger partial charge in [0, 0.05) is 5.54 Å². The van der Waals surface area contributed by atoms with Crippen LogP contribution in [0.3, 0.4) is 0 Å². The first-order valence-electron chi connectivity index (χ1n) is 8.70. The van der Waals surface area contributed by atoms with E-state index in [1.54, 1.807) is 0 Å². The Morgan fingerprint density at radius 2 is 2.04 bits per heavy atom. The summed E-state index contributed by atoms with van der Waals surface area (Å²) in [6.07, 6.45) is 5.00. The van der Waals surface area contributed by atoms with Crippen molar-refractivity contribution >= 4 is 6.09 Å². The first-order valence-corrected chi connectivity index (χ1v) is 8.70. The van der Waals surface area contributed by atoms with Crippen LogP contribution in [0.5, 0.6) is 0 Å². The summed E-state index contributed by atoms with van der Waals surface area (Å²) in [5, 5.41) is 9.27. The Morgan fingerprint density at radius 3 is 2.69 bits per heavy atom. The Bertz CT molecular complexity index is 796. The zero-order chi connectivity index (χ0) is 18.8. The lowest BCUT2D eigenvalue weighted by atomic mass is 9.81. The van der Waals surface area contributed by atoms with Gasteiger partial charge in [-0.15, -0.1) is 0 Å². The van der Waals surface area contributed by atoms with Crippen molar-refractivity contribution in [3.63, 3.8) is 0 Å². The van der Waals surface area contributed by atoms with E-state index in [4.69, 9.17) is 4.74 Å². The van der Waals surface area contributed by atoms with E-state index < -0.39 is 11.7 Å². The second-order valence-corrected chi connectivity index (χ2v) is 7.56. The lowest BCUT2D eigenvalue weighted by Crippen LogP contribution is -2.51. The summed E-state index contributed by atoms with van der Waals surface area (Å²) in [6, 6.07) is 2.00. The molecular weight excluding hydrogens is 334 g/mol. The number of imidazole rings is 1. The highest BCUT2D eigenvalue weighted by Crippen LogP contribution is 2.43. The van der Waals surface area contributed by atoms with Gasteiger partial charge < -0.3 is 9.72 Å². The molecule has 1 aliphatic carbocycles. The molecule has 3 N–H and O–H groups in total. The SMILES string of the molecule is CC(C)(C)NNC(=O)OC1(c2[nH]c(C#N)nc3ncnc2-3)CCCCC1. The molecule has 26 heavy (non-hydrogen) atoms. The molecule has 1 fully saturated rings. The second kappa shape index (κ2) is 6.88. The lowest BCUT2D eigenvalue weighted by molar-refractivity contribution is -0.0269. The van der Waals surface area contributed by atoms with Gasteiger partial charge in [0.15, 0.2) is 11.4 Å². The Labute approximate surface area is 151 Å². The third-order valence-corrected chi connectivity index (χ3v) is 4.33. The molecule has 138 valence electrons. The Kier molecular flexibility index (Phi) is 4.78. The largest absolute Gasteiger partial charge is 0.435 e. The fourth-order valence-electron chi connectivity index (χ4n) is 3.18. The van der Waals surface area contributed by atoms with Gasteiger partial charge in [0.2, 0.25) is 5.82 Å². The summed E-state index contributed by atoms with van der Waals surface area (Å²) in [5.74, 6) is 0.492. The van der Waals surface area contributed by atoms with Gasteiger partial charge in [-0.05, 0) is 46.5 Å². The van der Waals surface area contributed by atoms with Crippen LogP contribution in [0, 0.1) is 11.3 Å². The summed E-state index contributed by atoms with van der Waals surface area (Å²) in [7, 11) is 0. The number of hydrazine groups is 1. The predicted molar refractivity (Wildman–Crippen MR) is 92.8 cm³/mol. The van der Waals surface area contributed by atoms with E-state index in [-0.39, 0.29) is 11.4 Å². The molecule has 9 nitrogen and oxygen atoms in total. The minimum Gasteiger partial charge on any atom is -0.435 e. The van der Waals surface area contributed by atoms with Crippen molar-refractivity contribution in [1.82, 2.24) is 30.8 Å². The fraction of sp³-hybridized carbons (Fsp3) is 0.588. The predicted octanol–water partition coefficient (Wildman–Crippen LogP) is 2.36. The van der Waals surface area contributed by atoms with Crippen molar-refractivity contribution in [2.24, 2.45) is 0 Å². The van der Waals surface area contributed by atoms with Crippen molar-refractivity contribution in [3.05, 3.63) is 17.8 Å². The molecule has 2 aliphatic heterocycles. The van der Waals surface area contributed by atoms with Crippen LogP contribution in [-0.2, 0) is 10.3 Å². The summed E-state index contributed by atoms with van der Waals surface area (Å²) in [6.45, 7) is 5.80. The number of carbonyl (C=O) groups excluding carboxylic acids is 1. The van der Waals surface area contributed by atoms with E-state index >= 15 is 0 Å². The maximum atomic E-state index is 12.4.